The van der Waals surface area contributed by atoms with Gasteiger partial charge in [-0.1, -0.05) is 5.21 Å². The first-order valence-corrected chi connectivity index (χ1v) is 5.24. The van der Waals surface area contributed by atoms with Crippen LogP contribution in [0, 0.1) is 0 Å². The van der Waals surface area contributed by atoms with Gasteiger partial charge in [0.15, 0.2) is 0 Å². The summed E-state index contributed by atoms with van der Waals surface area (Å²) >= 11 is 0. The van der Waals surface area contributed by atoms with E-state index in [4.69, 9.17) is 0 Å². The molecule has 10 heteroatoms. The van der Waals surface area contributed by atoms with Crippen LogP contribution in [0.2, 0.25) is 0 Å². The lowest BCUT2D eigenvalue weighted by atomic mass is 9.95. The van der Waals surface area contributed by atoms with Gasteiger partial charge in [-0.05, 0) is 6.92 Å². The molecule has 0 spiro atoms. The molecule has 1 aromatic heterocycles. The maximum atomic E-state index is 11.9. The molecule has 1 heterocycles. The van der Waals surface area contributed by atoms with Crippen LogP contribution in [-0.2, 0) is 27.4 Å². The van der Waals surface area contributed by atoms with Gasteiger partial charge in [-0.25, -0.2) is 4.68 Å². The maximum Gasteiger partial charge on any atom is 0.503 e. The molecule has 0 radical (unpaired) electrons. The van der Waals surface area contributed by atoms with Gasteiger partial charge < -0.3 is 22.4 Å². The van der Waals surface area contributed by atoms with E-state index in [1.54, 1.807) is 6.92 Å². The summed E-state index contributed by atoms with van der Waals surface area (Å²) in [7, 11) is 0. The number of ether oxygens (including phenoxy) is 2. The van der Waals surface area contributed by atoms with E-state index in [0.717, 1.165) is 0 Å². The normalized spacial score (nSPS) is 11.6. The third kappa shape index (κ3) is 5.66. The molecule has 0 aliphatic carbocycles. The lowest BCUT2D eigenvalue weighted by molar-refractivity contribution is -0.144. The number of esters is 1. The third-order valence-corrected chi connectivity index (χ3v) is 1.74. The van der Waals surface area contributed by atoms with Crippen molar-refractivity contribution in [2.45, 2.75) is 20.1 Å². The average molecular weight is 266 g/mol. The van der Waals surface area contributed by atoms with Crippen LogP contribution in [0.5, 0.6) is 0 Å². The molecule has 0 atom stereocenters. The Morgan fingerprint density at radius 1 is 1.50 bits per heavy atom. The summed E-state index contributed by atoms with van der Waals surface area (Å²) in [5, 5.41) is 7.13. The van der Waals surface area contributed by atoms with E-state index in [9.17, 15) is 17.7 Å². The van der Waals surface area contributed by atoms with Crippen molar-refractivity contribution in [1.29, 1.82) is 0 Å². The first-order valence-electron chi connectivity index (χ1n) is 5.24. The number of hydrogen-bond acceptors (Lipinski definition) is 5. The lowest BCUT2D eigenvalue weighted by Crippen LogP contribution is -2.23. The van der Waals surface area contributed by atoms with Crippen LogP contribution in [0.15, 0.2) is 6.20 Å². The molecule has 0 saturated heterocycles. The summed E-state index contributed by atoms with van der Waals surface area (Å²) in [5.41, 5.74) is 0.222. The van der Waals surface area contributed by atoms with Gasteiger partial charge in [0.2, 0.25) is 0 Å². The Labute approximate surface area is 101 Å². The summed E-state index contributed by atoms with van der Waals surface area (Å²) in [5.74, 6) is -0.492. The molecule has 0 N–H and O–H groups in total. The maximum absolute atomic E-state index is 11.9. The minimum absolute atomic E-state index is 0.135. The molecule has 18 heavy (non-hydrogen) atoms. The third-order valence-electron chi connectivity index (χ3n) is 1.74. The highest BCUT2D eigenvalue weighted by Gasteiger charge is 2.23. The first-order chi connectivity index (χ1) is 8.40. The van der Waals surface area contributed by atoms with Crippen molar-refractivity contribution in [2.75, 3.05) is 13.1 Å². The lowest BCUT2D eigenvalue weighted by Gasteiger charge is -2.12. The summed E-state index contributed by atoms with van der Waals surface area (Å²) in [6, 6.07) is 0. The highest BCUT2D eigenvalue weighted by Crippen LogP contribution is 2.09. The van der Waals surface area contributed by atoms with Crippen LogP contribution in [0.4, 0.5) is 12.9 Å². The largest absolute Gasteiger partial charge is 0.503 e. The molecule has 0 aliphatic heterocycles. The number of hydrogen-bond donors (Lipinski definition) is 0. The zero-order valence-electron chi connectivity index (χ0n) is 9.68. The number of rotatable bonds is 7. The van der Waals surface area contributed by atoms with Crippen molar-refractivity contribution in [3.8, 4) is 0 Å². The summed E-state index contributed by atoms with van der Waals surface area (Å²) in [6.45, 7) is -4.78. The fraction of sp³-hybridized carbons (Fsp3) is 0.625. The van der Waals surface area contributed by atoms with E-state index in [1.807, 2.05) is 0 Å². The van der Waals surface area contributed by atoms with Gasteiger partial charge >= 0.3 is 12.9 Å². The van der Waals surface area contributed by atoms with E-state index in [-0.39, 0.29) is 25.5 Å². The quantitative estimate of drug-likeness (QED) is 0.538. The minimum Gasteiger partial charge on any atom is -0.465 e. The second kappa shape index (κ2) is 6.38. The van der Waals surface area contributed by atoms with Gasteiger partial charge in [0.05, 0.1) is 19.4 Å². The highest BCUT2D eigenvalue weighted by molar-refractivity contribution is 6.58. The Bertz CT molecular complexity index is 396. The molecule has 102 valence electrons. The standard InChI is InChI=1S/C8H12BF3N3O3/c1-2-18-8(16)4-15-3-7(13-14-15)5-17-6-9(10,11)12/h3H,2,4-6H2,1H3/q-1. The molecule has 0 bridgehead atoms. The van der Waals surface area contributed by atoms with Gasteiger partial charge in [-0.15, -0.1) is 5.10 Å². The molecule has 0 saturated carbocycles. The molecule has 0 amide bonds. The van der Waals surface area contributed by atoms with Crippen molar-refractivity contribution in [2.24, 2.45) is 0 Å². The van der Waals surface area contributed by atoms with Gasteiger partial charge in [0.25, 0.3) is 0 Å². The number of aromatic nitrogens is 3. The van der Waals surface area contributed by atoms with E-state index >= 15 is 0 Å². The van der Waals surface area contributed by atoms with Gasteiger partial charge in [-0.3, -0.25) is 4.79 Å². The molecule has 6 nitrogen and oxygen atoms in total. The van der Waals surface area contributed by atoms with E-state index < -0.39 is 19.5 Å². The summed E-state index contributed by atoms with van der Waals surface area (Å²) in [4.78, 5) is 11.1. The van der Waals surface area contributed by atoms with Crippen molar-refractivity contribution in [3.63, 3.8) is 0 Å². The number of carbonyl (C=O) groups is 1. The van der Waals surface area contributed by atoms with Crippen LogP contribution in [-0.4, -0.2) is 41.1 Å². The predicted molar refractivity (Wildman–Crippen MR) is 55.4 cm³/mol. The van der Waals surface area contributed by atoms with Crippen LogP contribution < -0.4 is 0 Å². The van der Waals surface area contributed by atoms with E-state index in [0.29, 0.717) is 0 Å². The zero-order chi connectivity index (χ0) is 13.6. The topological polar surface area (TPSA) is 66.2 Å². The Morgan fingerprint density at radius 2 is 2.22 bits per heavy atom. The Hall–Kier alpha value is -1.58. The highest BCUT2D eigenvalue weighted by atomic mass is 19.4. The molecular weight excluding hydrogens is 254 g/mol. The van der Waals surface area contributed by atoms with Crippen LogP contribution >= 0.6 is 0 Å². The summed E-state index contributed by atoms with van der Waals surface area (Å²) in [6.07, 6.45) is 1.33. The Balaban J connectivity index is 2.37. The predicted octanol–water partition coefficient (Wildman–Crippen LogP) is 0.744. The Morgan fingerprint density at radius 3 is 2.83 bits per heavy atom. The minimum atomic E-state index is -4.97. The van der Waals surface area contributed by atoms with E-state index in [1.165, 1.54) is 10.9 Å². The van der Waals surface area contributed by atoms with Gasteiger partial charge in [0.1, 0.15) is 12.2 Å². The fourth-order valence-corrected chi connectivity index (χ4v) is 1.12. The fourth-order valence-electron chi connectivity index (χ4n) is 1.12. The molecular formula is C8H12BF3N3O3-. The Kier molecular flexibility index (Phi) is 5.14. The second-order valence-electron chi connectivity index (χ2n) is 3.44. The van der Waals surface area contributed by atoms with Crippen molar-refractivity contribution in [1.82, 2.24) is 15.0 Å². The molecule has 0 aliphatic rings. The first kappa shape index (κ1) is 14.5. The van der Waals surface area contributed by atoms with Crippen LogP contribution in [0.3, 0.4) is 0 Å². The molecule has 1 aromatic rings. The molecule has 0 unspecified atom stereocenters. The SMILES string of the molecule is CCOC(=O)Cn1cc(COC[B-](F)(F)F)nn1. The number of nitrogens with zero attached hydrogens (tertiary/aromatic N) is 3. The van der Waals surface area contributed by atoms with Crippen LogP contribution in [0.1, 0.15) is 12.6 Å². The second-order valence-corrected chi connectivity index (χ2v) is 3.44. The molecule has 1 rings (SSSR count). The molecule has 0 aromatic carbocycles. The number of halogens is 3. The van der Waals surface area contributed by atoms with Crippen molar-refractivity contribution < 1.29 is 27.2 Å². The van der Waals surface area contributed by atoms with Gasteiger partial charge in [0, 0.05) is 6.51 Å². The van der Waals surface area contributed by atoms with Gasteiger partial charge in [-0.2, -0.15) is 0 Å². The van der Waals surface area contributed by atoms with Crippen LogP contribution in [0.25, 0.3) is 0 Å². The van der Waals surface area contributed by atoms with E-state index in [2.05, 4.69) is 19.8 Å². The monoisotopic (exact) mass is 266 g/mol. The van der Waals surface area contributed by atoms with Crippen molar-refractivity contribution >= 4 is 12.9 Å². The molecule has 0 fully saturated rings. The smallest absolute Gasteiger partial charge is 0.465 e. The number of carbonyl (C=O) groups excluding carboxylic acids is 1. The average Bonchev–Trinajstić information content (AvgIpc) is 2.64. The summed E-state index contributed by atoms with van der Waals surface area (Å²) < 4.78 is 45.8. The van der Waals surface area contributed by atoms with Crippen molar-refractivity contribution in [3.05, 3.63) is 11.9 Å². The zero-order valence-corrected chi connectivity index (χ0v) is 9.68.